The average molecular weight is 200 g/mol. The molecule has 1 unspecified atom stereocenters. The predicted molar refractivity (Wildman–Crippen MR) is 51.3 cm³/mol. The van der Waals surface area contributed by atoms with Gasteiger partial charge in [0.2, 0.25) is 11.0 Å². The number of nitrogens with zero attached hydrogens (tertiary/aromatic N) is 2. The SMILES string of the molecule is CC(=O)NC(C)Cc1nnc(N)s1. The van der Waals surface area contributed by atoms with Crippen LogP contribution in [0.3, 0.4) is 0 Å². The molecule has 0 saturated heterocycles. The molecule has 0 saturated carbocycles. The summed E-state index contributed by atoms with van der Waals surface area (Å²) in [6.07, 6.45) is 0.675. The highest BCUT2D eigenvalue weighted by atomic mass is 32.1. The molecule has 1 heterocycles. The fourth-order valence-corrected chi connectivity index (χ4v) is 1.75. The number of nitrogens with two attached hydrogens (primary N) is 1. The monoisotopic (exact) mass is 200 g/mol. The summed E-state index contributed by atoms with van der Waals surface area (Å²) < 4.78 is 0. The molecule has 1 aromatic heterocycles. The first-order valence-corrected chi connectivity index (χ1v) is 4.74. The number of nitrogens with one attached hydrogen (secondary N) is 1. The minimum Gasteiger partial charge on any atom is -0.374 e. The summed E-state index contributed by atoms with van der Waals surface area (Å²) in [5, 5.41) is 11.6. The van der Waals surface area contributed by atoms with Crippen LogP contribution in [0, 0.1) is 0 Å². The third-order valence-corrected chi connectivity index (χ3v) is 2.19. The van der Waals surface area contributed by atoms with E-state index in [0.717, 1.165) is 5.01 Å². The molecule has 0 aliphatic heterocycles. The summed E-state index contributed by atoms with van der Waals surface area (Å²) >= 11 is 1.35. The van der Waals surface area contributed by atoms with Crippen molar-refractivity contribution in [3.05, 3.63) is 5.01 Å². The molecule has 1 aromatic rings. The number of hydrogen-bond acceptors (Lipinski definition) is 5. The quantitative estimate of drug-likeness (QED) is 0.729. The number of rotatable bonds is 3. The highest BCUT2D eigenvalue weighted by Gasteiger charge is 2.08. The summed E-state index contributed by atoms with van der Waals surface area (Å²) in [7, 11) is 0. The van der Waals surface area contributed by atoms with Crippen LogP contribution in [0.2, 0.25) is 0 Å². The fourth-order valence-electron chi connectivity index (χ4n) is 1.01. The van der Waals surface area contributed by atoms with E-state index < -0.39 is 0 Å². The second-order valence-corrected chi connectivity index (χ2v) is 3.93. The van der Waals surface area contributed by atoms with Crippen LogP contribution in [0.25, 0.3) is 0 Å². The van der Waals surface area contributed by atoms with Gasteiger partial charge in [-0.1, -0.05) is 11.3 Å². The fraction of sp³-hybridized carbons (Fsp3) is 0.571. The maximum Gasteiger partial charge on any atom is 0.217 e. The first-order valence-electron chi connectivity index (χ1n) is 3.93. The highest BCUT2D eigenvalue weighted by molar-refractivity contribution is 7.15. The van der Waals surface area contributed by atoms with Gasteiger partial charge in [-0.15, -0.1) is 10.2 Å². The second-order valence-electron chi connectivity index (χ2n) is 2.84. The van der Waals surface area contributed by atoms with Gasteiger partial charge in [0.15, 0.2) is 0 Å². The topological polar surface area (TPSA) is 80.9 Å². The van der Waals surface area contributed by atoms with Gasteiger partial charge in [0.05, 0.1) is 0 Å². The molecule has 0 bridgehead atoms. The van der Waals surface area contributed by atoms with Crippen molar-refractivity contribution in [3.8, 4) is 0 Å². The molecule has 3 N–H and O–H groups in total. The summed E-state index contributed by atoms with van der Waals surface area (Å²) in [5.41, 5.74) is 5.41. The van der Waals surface area contributed by atoms with Crippen molar-refractivity contribution in [2.45, 2.75) is 26.3 Å². The van der Waals surface area contributed by atoms with Crippen LogP contribution in [-0.4, -0.2) is 22.1 Å². The number of nitrogen functional groups attached to an aromatic ring is 1. The van der Waals surface area contributed by atoms with Crippen LogP contribution >= 0.6 is 11.3 Å². The van der Waals surface area contributed by atoms with Crippen molar-refractivity contribution in [1.29, 1.82) is 0 Å². The zero-order chi connectivity index (χ0) is 9.84. The standard InChI is InChI=1S/C7H12N4OS/c1-4(9-5(2)12)3-6-10-11-7(8)13-6/h4H,3H2,1-2H3,(H2,8,11)(H,9,12). The molecule has 0 radical (unpaired) electrons. The molecule has 0 spiro atoms. The lowest BCUT2D eigenvalue weighted by atomic mass is 10.2. The van der Waals surface area contributed by atoms with E-state index in [9.17, 15) is 4.79 Å². The smallest absolute Gasteiger partial charge is 0.217 e. The Hall–Kier alpha value is -1.17. The first-order chi connectivity index (χ1) is 6.08. The van der Waals surface area contributed by atoms with Gasteiger partial charge in [-0.25, -0.2) is 0 Å². The third-order valence-electron chi connectivity index (χ3n) is 1.41. The Balaban J connectivity index is 2.44. The van der Waals surface area contributed by atoms with Crippen LogP contribution in [0.1, 0.15) is 18.9 Å². The largest absolute Gasteiger partial charge is 0.374 e. The Morgan fingerprint density at radius 3 is 2.85 bits per heavy atom. The second kappa shape index (κ2) is 4.18. The number of amides is 1. The van der Waals surface area contributed by atoms with E-state index >= 15 is 0 Å². The third kappa shape index (κ3) is 3.37. The Labute approximate surface area is 80.4 Å². The van der Waals surface area contributed by atoms with Gasteiger partial charge in [-0.2, -0.15) is 0 Å². The summed E-state index contributed by atoms with van der Waals surface area (Å²) in [4.78, 5) is 10.7. The molecule has 5 nitrogen and oxygen atoms in total. The van der Waals surface area contributed by atoms with E-state index in [4.69, 9.17) is 5.73 Å². The molecule has 0 fully saturated rings. The van der Waals surface area contributed by atoms with E-state index in [2.05, 4.69) is 15.5 Å². The number of carbonyl (C=O) groups is 1. The van der Waals surface area contributed by atoms with Crippen LogP contribution in [-0.2, 0) is 11.2 Å². The van der Waals surface area contributed by atoms with Gasteiger partial charge in [0.1, 0.15) is 5.01 Å². The Kier molecular flexibility index (Phi) is 3.18. The van der Waals surface area contributed by atoms with Gasteiger partial charge < -0.3 is 11.1 Å². The van der Waals surface area contributed by atoms with Gasteiger partial charge in [-0.3, -0.25) is 4.79 Å². The van der Waals surface area contributed by atoms with E-state index in [1.54, 1.807) is 0 Å². The minimum absolute atomic E-state index is 0.0370. The van der Waals surface area contributed by atoms with Crippen molar-refractivity contribution < 1.29 is 4.79 Å². The molecular formula is C7H12N4OS. The normalized spacial score (nSPS) is 12.5. The van der Waals surface area contributed by atoms with E-state index in [-0.39, 0.29) is 11.9 Å². The van der Waals surface area contributed by atoms with Gasteiger partial charge in [0.25, 0.3) is 0 Å². The van der Waals surface area contributed by atoms with Crippen molar-refractivity contribution in [3.63, 3.8) is 0 Å². The Bertz CT molecular complexity index is 298. The Morgan fingerprint density at radius 1 is 1.69 bits per heavy atom. The van der Waals surface area contributed by atoms with Gasteiger partial charge in [0, 0.05) is 19.4 Å². The number of carbonyl (C=O) groups excluding carboxylic acids is 1. The van der Waals surface area contributed by atoms with Crippen molar-refractivity contribution in [2.75, 3.05) is 5.73 Å². The van der Waals surface area contributed by atoms with Crippen LogP contribution in [0.4, 0.5) is 5.13 Å². The van der Waals surface area contributed by atoms with Crippen LogP contribution < -0.4 is 11.1 Å². The molecule has 13 heavy (non-hydrogen) atoms. The molecule has 1 rings (SSSR count). The van der Waals surface area contributed by atoms with Crippen LogP contribution in [0.5, 0.6) is 0 Å². The van der Waals surface area contributed by atoms with Crippen molar-refractivity contribution in [2.24, 2.45) is 0 Å². The molecule has 72 valence electrons. The van der Waals surface area contributed by atoms with Gasteiger partial charge >= 0.3 is 0 Å². The molecule has 6 heteroatoms. The maximum atomic E-state index is 10.7. The first kappa shape index (κ1) is 9.91. The molecule has 0 aliphatic carbocycles. The van der Waals surface area contributed by atoms with E-state index in [0.29, 0.717) is 11.6 Å². The lowest BCUT2D eigenvalue weighted by molar-refractivity contribution is -0.119. The maximum absolute atomic E-state index is 10.7. The molecule has 0 aliphatic rings. The van der Waals surface area contributed by atoms with Crippen molar-refractivity contribution in [1.82, 2.24) is 15.5 Å². The molecule has 1 amide bonds. The molecule has 1 atom stereocenters. The van der Waals surface area contributed by atoms with E-state index in [1.807, 2.05) is 6.92 Å². The predicted octanol–water partition coefficient (Wildman–Crippen LogP) is 0.187. The van der Waals surface area contributed by atoms with Gasteiger partial charge in [-0.05, 0) is 6.92 Å². The summed E-state index contributed by atoms with van der Waals surface area (Å²) in [5.74, 6) is -0.0370. The van der Waals surface area contributed by atoms with E-state index in [1.165, 1.54) is 18.3 Å². The zero-order valence-corrected chi connectivity index (χ0v) is 8.39. The lowest BCUT2D eigenvalue weighted by Crippen LogP contribution is -2.31. The lowest BCUT2D eigenvalue weighted by Gasteiger charge is -2.08. The molecule has 0 aromatic carbocycles. The average Bonchev–Trinajstić information content (AvgIpc) is 2.33. The number of hydrogen-bond donors (Lipinski definition) is 2. The van der Waals surface area contributed by atoms with Crippen LogP contribution in [0.15, 0.2) is 0 Å². The summed E-state index contributed by atoms with van der Waals surface area (Å²) in [6.45, 7) is 3.41. The minimum atomic E-state index is -0.0370. The summed E-state index contributed by atoms with van der Waals surface area (Å²) in [6, 6.07) is 0.0739. The van der Waals surface area contributed by atoms with Crippen molar-refractivity contribution >= 4 is 22.4 Å². The number of anilines is 1. The number of aromatic nitrogens is 2. The highest BCUT2D eigenvalue weighted by Crippen LogP contribution is 2.12. The molecular weight excluding hydrogens is 188 g/mol. The zero-order valence-electron chi connectivity index (χ0n) is 7.57. The Morgan fingerprint density at radius 2 is 2.38 bits per heavy atom.